The Morgan fingerprint density at radius 3 is 2.78 bits per heavy atom. The number of aromatic nitrogens is 1. The average Bonchev–Trinajstić information content (AvgIpc) is 2.80. The maximum atomic E-state index is 13.5. The number of nitrogens with one attached hydrogen (secondary N) is 3. The number of hydrogen-bond acceptors (Lipinski definition) is 4. The fraction of sp³-hybridized carbons (Fsp3) is 0.320. The van der Waals surface area contributed by atoms with E-state index in [2.05, 4.69) is 20.9 Å². The number of pyridine rings is 1. The van der Waals surface area contributed by atoms with Gasteiger partial charge in [0.05, 0.1) is 15.7 Å². The van der Waals surface area contributed by atoms with E-state index < -0.39 is 0 Å². The van der Waals surface area contributed by atoms with Crippen molar-refractivity contribution in [3.05, 3.63) is 76.2 Å². The first-order chi connectivity index (χ1) is 15.6. The zero-order chi connectivity index (χ0) is 22.3. The minimum Gasteiger partial charge on any atom is -0.380 e. The Kier molecular flexibility index (Phi) is 7.85. The van der Waals surface area contributed by atoms with E-state index in [1.807, 2.05) is 30.3 Å². The van der Waals surface area contributed by atoms with E-state index in [1.54, 1.807) is 12.3 Å². The summed E-state index contributed by atoms with van der Waals surface area (Å²) in [4.78, 5) is 4.44. The van der Waals surface area contributed by atoms with Crippen molar-refractivity contribution in [3.8, 4) is 11.1 Å². The van der Waals surface area contributed by atoms with Crippen LogP contribution in [-0.2, 0) is 6.54 Å². The lowest BCUT2D eigenvalue weighted by molar-refractivity contribution is 0.364. The molecule has 0 saturated carbocycles. The van der Waals surface area contributed by atoms with Crippen molar-refractivity contribution in [2.45, 2.75) is 25.8 Å². The molecule has 1 saturated heterocycles. The van der Waals surface area contributed by atoms with Crippen LogP contribution < -0.4 is 16.0 Å². The minimum absolute atomic E-state index is 0.257. The predicted octanol–water partition coefficient (Wildman–Crippen LogP) is 6.61. The standard InChI is InChI=1S/C25H27Cl2FN4/c26-22-7-6-19(12-24(22)31-15-18-3-1-5-20(28)11-18)21-13-25(32-16-23(21)27)30-10-8-17-4-2-9-29-14-17/h1,3,5-7,11-13,16-17,29,31H,2,4,8-10,14-15H2,(H,30,32)/t17-/m1/s1. The van der Waals surface area contributed by atoms with Crippen LogP contribution in [0.15, 0.2) is 54.7 Å². The van der Waals surface area contributed by atoms with Crippen molar-refractivity contribution in [2.24, 2.45) is 5.92 Å². The molecule has 1 atom stereocenters. The van der Waals surface area contributed by atoms with Gasteiger partial charge in [0.1, 0.15) is 11.6 Å². The van der Waals surface area contributed by atoms with Crippen LogP contribution in [0, 0.1) is 11.7 Å². The molecule has 0 spiro atoms. The van der Waals surface area contributed by atoms with Crippen LogP contribution in [0.1, 0.15) is 24.8 Å². The van der Waals surface area contributed by atoms with Crippen molar-refractivity contribution < 1.29 is 4.39 Å². The first-order valence-corrected chi connectivity index (χ1v) is 11.7. The lowest BCUT2D eigenvalue weighted by Crippen LogP contribution is -2.30. The number of halogens is 3. The number of rotatable bonds is 8. The molecule has 0 amide bonds. The smallest absolute Gasteiger partial charge is 0.126 e. The fourth-order valence-electron chi connectivity index (χ4n) is 4.00. The molecule has 4 nitrogen and oxygen atoms in total. The second kappa shape index (κ2) is 11.0. The summed E-state index contributed by atoms with van der Waals surface area (Å²) in [6.45, 7) is 3.57. The van der Waals surface area contributed by atoms with Gasteiger partial charge in [-0.3, -0.25) is 0 Å². The molecule has 0 bridgehead atoms. The highest BCUT2D eigenvalue weighted by atomic mass is 35.5. The zero-order valence-electron chi connectivity index (χ0n) is 17.8. The van der Waals surface area contributed by atoms with Gasteiger partial charge in [-0.05, 0) is 79.7 Å². The molecule has 7 heteroatoms. The number of nitrogens with zero attached hydrogens (tertiary/aromatic N) is 1. The molecule has 168 valence electrons. The third-order valence-electron chi connectivity index (χ3n) is 5.76. The topological polar surface area (TPSA) is 49.0 Å². The van der Waals surface area contributed by atoms with Gasteiger partial charge < -0.3 is 16.0 Å². The van der Waals surface area contributed by atoms with Crippen LogP contribution in [0.3, 0.4) is 0 Å². The summed E-state index contributed by atoms with van der Waals surface area (Å²) in [6, 6.07) is 14.2. The average molecular weight is 473 g/mol. The molecule has 2 aromatic carbocycles. The summed E-state index contributed by atoms with van der Waals surface area (Å²) >= 11 is 12.9. The normalized spacial score (nSPS) is 16.0. The first kappa shape index (κ1) is 22.8. The van der Waals surface area contributed by atoms with Gasteiger partial charge in [-0.15, -0.1) is 0 Å². The second-order valence-corrected chi connectivity index (χ2v) is 8.97. The molecule has 32 heavy (non-hydrogen) atoms. The SMILES string of the molecule is Fc1cccc(CNc2cc(-c3cc(NCC[C@H]4CCCNC4)ncc3Cl)ccc2Cl)c1. The summed E-state index contributed by atoms with van der Waals surface area (Å²) in [5.41, 5.74) is 3.42. The van der Waals surface area contributed by atoms with Crippen molar-refractivity contribution in [1.29, 1.82) is 0 Å². The van der Waals surface area contributed by atoms with Gasteiger partial charge in [-0.1, -0.05) is 41.4 Å². The van der Waals surface area contributed by atoms with E-state index in [0.717, 1.165) is 54.3 Å². The number of piperidine rings is 1. The minimum atomic E-state index is -0.257. The molecule has 3 N–H and O–H groups in total. The highest BCUT2D eigenvalue weighted by Crippen LogP contribution is 2.34. The van der Waals surface area contributed by atoms with E-state index in [-0.39, 0.29) is 5.82 Å². The van der Waals surface area contributed by atoms with Crippen LogP contribution in [0.4, 0.5) is 15.9 Å². The summed E-state index contributed by atoms with van der Waals surface area (Å²) in [5, 5.41) is 11.4. The lowest BCUT2D eigenvalue weighted by Gasteiger charge is -2.22. The molecule has 0 unspecified atom stereocenters. The Labute approximate surface area is 198 Å². The van der Waals surface area contributed by atoms with E-state index in [1.165, 1.54) is 25.0 Å². The summed E-state index contributed by atoms with van der Waals surface area (Å²) < 4.78 is 13.5. The summed E-state index contributed by atoms with van der Waals surface area (Å²) in [5.74, 6) is 1.26. The van der Waals surface area contributed by atoms with Crippen LogP contribution in [0.25, 0.3) is 11.1 Å². The second-order valence-electron chi connectivity index (χ2n) is 8.16. The lowest BCUT2D eigenvalue weighted by atomic mass is 9.96. The van der Waals surface area contributed by atoms with E-state index in [9.17, 15) is 4.39 Å². The predicted molar refractivity (Wildman–Crippen MR) is 132 cm³/mol. The Morgan fingerprint density at radius 2 is 1.97 bits per heavy atom. The Morgan fingerprint density at radius 1 is 1.06 bits per heavy atom. The quantitative estimate of drug-likeness (QED) is 0.345. The van der Waals surface area contributed by atoms with Crippen molar-refractivity contribution >= 4 is 34.7 Å². The van der Waals surface area contributed by atoms with Gasteiger partial charge in [0.2, 0.25) is 0 Å². The third kappa shape index (κ3) is 6.12. The molecule has 3 aromatic rings. The largest absolute Gasteiger partial charge is 0.380 e. The molecular weight excluding hydrogens is 446 g/mol. The Bertz CT molecular complexity index is 1050. The molecule has 0 aliphatic carbocycles. The zero-order valence-corrected chi connectivity index (χ0v) is 19.3. The van der Waals surface area contributed by atoms with E-state index in [4.69, 9.17) is 23.2 Å². The van der Waals surface area contributed by atoms with Gasteiger partial charge in [0, 0.05) is 24.8 Å². The molecule has 1 aliphatic rings. The van der Waals surface area contributed by atoms with Gasteiger partial charge in [0.25, 0.3) is 0 Å². The summed E-state index contributed by atoms with van der Waals surface area (Å²) in [6.07, 6.45) is 5.32. The van der Waals surface area contributed by atoms with Crippen molar-refractivity contribution in [2.75, 3.05) is 30.3 Å². The van der Waals surface area contributed by atoms with Gasteiger partial charge >= 0.3 is 0 Å². The van der Waals surface area contributed by atoms with E-state index in [0.29, 0.717) is 22.5 Å². The monoisotopic (exact) mass is 472 g/mol. The molecule has 4 rings (SSSR count). The highest BCUT2D eigenvalue weighted by Gasteiger charge is 2.13. The van der Waals surface area contributed by atoms with Gasteiger partial charge in [-0.25, -0.2) is 9.37 Å². The molecule has 1 aromatic heterocycles. The van der Waals surface area contributed by atoms with Crippen LogP contribution in [0.2, 0.25) is 10.0 Å². The molecule has 1 fully saturated rings. The molecule has 1 aliphatic heterocycles. The maximum absolute atomic E-state index is 13.5. The Hall–Kier alpha value is -2.34. The third-order valence-corrected chi connectivity index (χ3v) is 6.39. The van der Waals surface area contributed by atoms with Gasteiger partial charge in [-0.2, -0.15) is 0 Å². The van der Waals surface area contributed by atoms with Crippen LogP contribution >= 0.6 is 23.2 Å². The molecule has 2 heterocycles. The number of hydrogen-bond donors (Lipinski definition) is 3. The van der Waals surface area contributed by atoms with Crippen LogP contribution in [0.5, 0.6) is 0 Å². The van der Waals surface area contributed by atoms with E-state index >= 15 is 0 Å². The summed E-state index contributed by atoms with van der Waals surface area (Å²) in [7, 11) is 0. The van der Waals surface area contributed by atoms with Crippen LogP contribution in [-0.4, -0.2) is 24.6 Å². The first-order valence-electron chi connectivity index (χ1n) is 11.0. The number of anilines is 2. The van der Waals surface area contributed by atoms with Crippen molar-refractivity contribution in [1.82, 2.24) is 10.3 Å². The maximum Gasteiger partial charge on any atom is 0.126 e. The fourth-order valence-corrected chi connectivity index (χ4v) is 4.40. The van der Waals surface area contributed by atoms with Gasteiger partial charge in [0.15, 0.2) is 0 Å². The highest BCUT2D eigenvalue weighted by molar-refractivity contribution is 6.34. The Balaban J connectivity index is 1.45. The molecular formula is C25H27Cl2FN4. The molecule has 0 radical (unpaired) electrons. The number of benzene rings is 2. The van der Waals surface area contributed by atoms with Crippen molar-refractivity contribution in [3.63, 3.8) is 0 Å².